The average molecular weight is 264 g/mol. The minimum Gasteiger partial charge on any atom is -0.497 e. The van der Waals surface area contributed by atoms with E-state index in [-0.39, 0.29) is 0 Å². The van der Waals surface area contributed by atoms with Crippen LogP contribution in [0, 0.1) is 0 Å². The zero-order valence-electron chi connectivity index (χ0n) is 12.1. The van der Waals surface area contributed by atoms with Gasteiger partial charge in [-0.25, -0.2) is 0 Å². The Morgan fingerprint density at radius 3 is 2.53 bits per heavy atom. The third-order valence-electron chi connectivity index (χ3n) is 3.88. The van der Waals surface area contributed by atoms with Crippen LogP contribution in [0.15, 0.2) is 18.2 Å². The summed E-state index contributed by atoms with van der Waals surface area (Å²) >= 11 is 0. The first-order valence-corrected chi connectivity index (χ1v) is 6.87. The Hall–Kier alpha value is -1.26. The third-order valence-corrected chi connectivity index (χ3v) is 3.88. The molecule has 0 saturated carbocycles. The molecule has 0 atom stereocenters. The highest BCUT2D eigenvalue weighted by atomic mass is 16.5. The smallest absolute Gasteiger partial charge is 0.127 e. The minimum absolute atomic E-state index is 0.675. The van der Waals surface area contributed by atoms with Gasteiger partial charge in [-0.1, -0.05) is 6.07 Å². The van der Waals surface area contributed by atoms with Gasteiger partial charge in [0.2, 0.25) is 0 Å². The Morgan fingerprint density at radius 2 is 1.95 bits per heavy atom. The van der Waals surface area contributed by atoms with Crippen LogP contribution in [0.1, 0.15) is 18.4 Å². The first-order valence-electron chi connectivity index (χ1n) is 6.87. The summed E-state index contributed by atoms with van der Waals surface area (Å²) in [6, 6.07) is 6.73. The van der Waals surface area contributed by atoms with E-state index in [9.17, 15) is 0 Å². The molecule has 2 rings (SSSR count). The number of likely N-dealkylation sites (tertiary alicyclic amines) is 1. The van der Waals surface area contributed by atoms with E-state index in [0.29, 0.717) is 6.04 Å². The van der Waals surface area contributed by atoms with Crippen molar-refractivity contribution < 1.29 is 9.47 Å². The van der Waals surface area contributed by atoms with Crippen molar-refractivity contribution in [2.45, 2.75) is 25.4 Å². The van der Waals surface area contributed by atoms with Crippen LogP contribution in [0.5, 0.6) is 11.5 Å². The van der Waals surface area contributed by atoms with Crippen molar-refractivity contribution in [3.8, 4) is 11.5 Å². The lowest BCUT2D eigenvalue weighted by molar-refractivity contribution is 0.192. The maximum atomic E-state index is 5.45. The van der Waals surface area contributed by atoms with Crippen LogP contribution in [-0.2, 0) is 6.54 Å². The van der Waals surface area contributed by atoms with Gasteiger partial charge >= 0.3 is 0 Å². The maximum Gasteiger partial charge on any atom is 0.127 e. The summed E-state index contributed by atoms with van der Waals surface area (Å²) in [5.74, 6) is 1.75. The van der Waals surface area contributed by atoms with Gasteiger partial charge in [-0.15, -0.1) is 0 Å². The highest BCUT2D eigenvalue weighted by Gasteiger charge is 2.18. The van der Waals surface area contributed by atoms with Crippen LogP contribution in [0.3, 0.4) is 0 Å². The topological polar surface area (TPSA) is 33.7 Å². The van der Waals surface area contributed by atoms with Gasteiger partial charge in [-0.3, -0.25) is 4.90 Å². The highest BCUT2D eigenvalue weighted by molar-refractivity contribution is 5.40. The van der Waals surface area contributed by atoms with Gasteiger partial charge in [0.05, 0.1) is 14.2 Å². The summed E-state index contributed by atoms with van der Waals surface area (Å²) in [7, 11) is 5.44. The summed E-state index contributed by atoms with van der Waals surface area (Å²) in [6.07, 6.45) is 2.43. The molecule has 1 fully saturated rings. The highest BCUT2D eigenvalue weighted by Crippen LogP contribution is 2.26. The minimum atomic E-state index is 0.675. The lowest BCUT2D eigenvalue weighted by Crippen LogP contribution is -2.40. The summed E-state index contributed by atoms with van der Waals surface area (Å²) in [4.78, 5) is 2.48. The fourth-order valence-corrected chi connectivity index (χ4v) is 2.60. The molecule has 1 aromatic carbocycles. The van der Waals surface area contributed by atoms with E-state index in [1.54, 1.807) is 14.2 Å². The fraction of sp³-hybridized carbons (Fsp3) is 0.600. The number of methoxy groups -OCH3 is 2. The summed E-state index contributed by atoms with van der Waals surface area (Å²) < 4.78 is 10.7. The molecule has 0 aromatic heterocycles. The van der Waals surface area contributed by atoms with E-state index in [2.05, 4.69) is 16.3 Å². The Kier molecular flexibility index (Phi) is 5.05. The molecular weight excluding hydrogens is 240 g/mol. The third kappa shape index (κ3) is 3.61. The van der Waals surface area contributed by atoms with Crippen LogP contribution in [0.2, 0.25) is 0 Å². The number of piperidine rings is 1. The SMILES string of the molecule is CNC1CCN(Cc2ccc(OC)cc2OC)CC1. The van der Waals surface area contributed by atoms with Crippen molar-refractivity contribution in [2.24, 2.45) is 0 Å². The molecule has 4 heteroatoms. The van der Waals surface area contributed by atoms with Gasteiger partial charge in [0.1, 0.15) is 11.5 Å². The largest absolute Gasteiger partial charge is 0.497 e. The van der Waals surface area contributed by atoms with Crippen molar-refractivity contribution >= 4 is 0 Å². The number of nitrogens with zero attached hydrogens (tertiary/aromatic N) is 1. The monoisotopic (exact) mass is 264 g/mol. The second-order valence-electron chi connectivity index (χ2n) is 5.02. The second-order valence-corrected chi connectivity index (χ2v) is 5.02. The quantitative estimate of drug-likeness (QED) is 0.880. The molecule has 1 heterocycles. The predicted octanol–water partition coefficient (Wildman–Crippen LogP) is 1.89. The van der Waals surface area contributed by atoms with Crippen LogP contribution in [-0.4, -0.2) is 45.3 Å². The van der Waals surface area contributed by atoms with Crippen LogP contribution < -0.4 is 14.8 Å². The molecule has 4 nitrogen and oxygen atoms in total. The van der Waals surface area contributed by atoms with E-state index in [1.807, 2.05) is 19.2 Å². The first kappa shape index (κ1) is 14.2. The predicted molar refractivity (Wildman–Crippen MR) is 76.9 cm³/mol. The molecule has 1 aromatic rings. The molecule has 0 radical (unpaired) electrons. The first-order chi connectivity index (χ1) is 9.26. The van der Waals surface area contributed by atoms with Crippen molar-refractivity contribution in [2.75, 3.05) is 34.4 Å². The Morgan fingerprint density at radius 1 is 1.21 bits per heavy atom. The molecule has 1 N–H and O–H groups in total. The van der Waals surface area contributed by atoms with Crippen LogP contribution >= 0.6 is 0 Å². The molecule has 0 spiro atoms. The molecule has 19 heavy (non-hydrogen) atoms. The average Bonchev–Trinajstić information content (AvgIpc) is 2.48. The number of benzene rings is 1. The van der Waals surface area contributed by atoms with Gasteiger partial charge in [0.15, 0.2) is 0 Å². The zero-order chi connectivity index (χ0) is 13.7. The van der Waals surface area contributed by atoms with Gasteiger partial charge in [-0.05, 0) is 39.0 Å². The zero-order valence-corrected chi connectivity index (χ0v) is 12.1. The van der Waals surface area contributed by atoms with Crippen LogP contribution in [0.4, 0.5) is 0 Å². The van der Waals surface area contributed by atoms with E-state index in [1.165, 1.54) is 18.4 Å². The van der Waals surface area contributed by atoms with Gasteiger partial charge in [0.25, 0.3) is 0 Å². The summed E-state index contributed by atoms with van der Waals surface area (Å²) in [6.45, 7) is 3.23. The lowest BCUT2D eigenvalue weighted by Gasteiger charge is -2.32. The lowest BCUT2D eigenvalue weighted by atomic mass is 10.0. The number of hydrogen-bond acceptors (Lipinski definition) is 4. The van der Waals surface area contributed by atoms with E-state index >= 15 is 0 Å². The summed E-state index contributed by atoms with van der Waals surface area (Å²) in [5, 5.41) is 3.36. The van der Waals surface area contributed by atoms with Gasteiger partial charge in [-0.2, -0.15) is 0 Å². The van der Waals surface area contributed by atoms with Gasteiger partial charge in [0, 0.05) is 24.2 Å². The Labute approximate surface area is 115 Å². The van der Waals surface area contributed by atoms with Crippen LogP contribution in [0.25, 0.3) is 0 Å². The summed E-state index contributed by atoms with van der Waals surface area (Å²) in [5.41, 5.74) is 1.23. The van der Waals surface area contributed by atoms with Crippen molar-refractivity contribution in [3.63, 3.8) is 0 Å². The van der Waals surface area contributed by atoms with Crippen molar-refractivity contribution in [1.29, 1.82) is 0 Å². The molecular formula is C15H24N2O2. The van der Waals surface area contributed by atoms with E-state index in [4.69, 9.17) is 9.47 Å². The fourth-order valence-electron chi connectivity index (χ4n) is 2.60. The molecule has 0 bridgehead atoms. The van der Waals surface area contributed by atoms with E-state index < -0.39 is 0 Å². The molecule has 0 amide bonds. The Balaban J connectivity index is 1.99. The van der Waals surface area contributed by atoms with E-state index in [0.717, 1.165) is 31.1 Å². The van der Waals surface area contributed by atoms with Gasteiger partial charge < -0.3 is 14.8 Å². The molecule has 0 unspecified atom stereocenters. The molecule has 0 aliphatic carbocycles. The molecule has 106 valence electrons. The number of ether oxygens (including phenoxy) is 2. The number of nitrogens with one attached hydrogen (secondary N) is 1. The maximum absolute atomic E-state index is 5.45. The molecule has 1 saturated heterocycles. The van der Waals surface area contributed by atoms with Crippen molar-refractivity contribution in [1.82, 2.24) is 10.2 Å². The molecule has 1 aliphatic rings. The standard InChI is InChI=1S/C15H24N2O2/c1-16-13-6-8-17(9-7-13)11-12-4-5-14(18-2)10-15(12)19-3/h4-5,10,13,16H,6-9,11H2,1-3H3. The second kappa shape index (κ2) is 6.78. The normalized spacial score (nSPS) is 17.4. The number of hydrogen-bond donors (Lipinski definition) is 1. The molecule has 1 aliphatic heterocycles. The number of rotatable bonds is 5. The van der Waals surface area contributed by atoms with Crippen molar-refractivity contribution in [3.05, 3.63) is 23.8 Å². The Bertz CT molecular complexity index is 401.